The molecule has 1 aliphatic rings. The highest BCUT2D eigenvalue weighted by Crippen LogP contribution is 2.34. The quantitative estimate of drug-likeness (QED) is 0.888. The van der Waals surface area contributed by atoms with E-state index >= 15 is 0 Å². The standard InChI is InChI=1S/C12H15N3OS/c13-12(6-2-1-3-7-12)11-14-10(15-16-11)9-5-4-8-17-9/h4-5,8H,1-3,6-7,13H2. The highest BCUT2D eigenvalue weighted by atomic mass is 32.1. The van der Waals surface area contributed by atoms with Gasteiger partial charge in [0.05, 0.1) is 10.4 Å². The Labute approximate surface area is 104 Å². The van der Waals surface area contributed by atoms with Crippen molar-refractivity contribution in [2.75, 3.05) is 0 Å². The van der Waals surface area contributed by atoms with Crippen LogP contribution in [-0.2, 0) is 5.54 Å². The van der Waals surface area contributed by atoms with Gasteiger partial charge in [0.25, 0.3) is 0 Å². The lowest BCUT2D eigenvalue weighted by molar-refractivity contribution is 0.220. The molecular weight excluding hydrogens is 234 g/mol. The minimum absolute atomic E-state index is 0.402. The summed E-state index contributed by atoms with van der Waals surface area (Å²) in [5.41, 5.74) is 5.95. The van der Waals surface area contributed by atoms with E-state index in [1.807, 2.05) is 17.5 Å². The van der Waals surface area contributed by atoms with E-state index in [9.17, 15) is 0 Å². The molecule has 0 bridgehead atoms. The number of hydrogen-bond acceptors (Lipinski definition) is 5. The number of thiophene rings is 1. The van der Waals surface area contributed by atoms with Crippen molar-refractivity contribution < 1.29 is 4.52 Å². The van der Waals surface area contributed by atoms with E-state index in [-0.39, 0.29) is 0 Å². The molecule has 0 aliphatic heterocycles. The molecule has 5 heteroatoms. The van der Waals surface area contributed by atoms with Gasteiger partial charge in [0.2, 0.25) is 11.7 Å². The van der Waals surface area contributed by atoms with Crippen molar-refractivity contribution >= 4 is 11.3 Å². The summed E-state index contributed by atoms with van der Waals surface area (Å²) in [4.78, 5) is 5.48. The van der Waals surface area contributed by atoms with E-state index in [2.05, 4.69) is 10.1 Å². The predicted octanol–water partition coefficient (Wildman–Crippen LogP) is 2.92. The van der Waals surface area contributed by atoms with Crippen LogP contribution in [0.1, 0.15) is 38.0 Å². The first kappa shape index (κ1) is 10.9. The van der Waals surface area contributed by atoms with Gasteiger partial charge in [-0.05, 0) is 24.3 Å². The normalized spacial score (nSPS) is 19.4. The van der Waals surface area contributed by atoms with Gasteiger partial charge in [-0.1, -0.05) is 30.5 Å². The van der Waals surface area contributed by atoms with Crippen molar-refractivity contribution in [1.29, 1.82) is 0 Å². The molecular formula is C12H15N3OS. The molecule has 17 heavy (non-hydrogen) atoms. The lowest BCUT2D eigenvalue weighted by Crippen LogP contribution is -2.38. The lowest BCUT2D eigenvalue weighted by Gasteiger charge is -2.29. The Hall–Kier alpha value is -1.20. The first-order valence-electron chi connectivity index (χ1n) is 5.95. The van der Waals surface area contributed by atoms with E-state index in [1.54, 1.807) is 11.3 Å². The Morgan fingerprint density at radius 3 is 2.82 bits per heavy atom. The van der Waals surface area contributed by atoms with Gasteiger partial charge >= 0.3 is 0 Å². The Morgan fingerprint density at radius 2 is 2.12 bits per heavy atom. The number of aromatic nitrogens is 2. The van der Waals surface area contributed by atoms with Gasteiger partial charge < -0.3 is 10.3 Å². The molecule has 0 aromatic carbocycles. The third-order valence-corrected chi connectivity index (χ3v) is 4.21. The minimum atomic E-state index is -0.402. The van der Waals surface area contributed by atoms with Gasteiger partial charge in [0.1, 0.15) is 0 Å². The van der Waals surface area contributed by atoms with Crippen LogP contribution in [0.5, 0.6) is 0 Å². The molecule has 0 saturated heterocycles. The summed E-state index contributed by atoms with van der Waals surface area (Å²) in [6, 6.07) is 3.97. The van der Waals surface area contributed by atoms with Gasteiger partial charge in [-0.2, -0.15) is 4.98 Å². The number of nitrogens with zero attached hydrogens (tertiary/aromatic N) is 2. The third kappa shape index (κ3) is 2.00. The maximum absolute atomic E-state index is 6.35. The summed E-state index contributed by atoms with van der Waals surface area (Å²) in [5.74, 6) is 1.26. The van der Waals surface area contributed by atoms with Crippen LogP contribution in [0.2, 0.25) is 0 Å². The molecule has 1 saturated carbocycles. The van der Waals surface area contributed by atoms with Crippen molar-refractivity contribution in [2.24, 2.45) is 5.73 Å². The van der Waals surface area contributed by atoms with Crippen LogP contribution in [0.3, 0.4) is 0 Å². The zero-order valence-corrected chi connectivity index (χ0v) is 10.4. The van der Waals surface area contributed by atoms with Crippen molar-refractivity contribution in [1.82, 2.24) is 10.1 Å². The third-order valence-electron chi connectivity index (χ3n) is 3.34. The highest BCUT2D eigenvalue weighted by Gasteiger charge is 2.35. The largest absolute Gasteiger partial charge is 0.337 e. The van der Waals surface area contributed by atoms with E-state index in [4.69, 9.17) is 10.3 Å². The monoisotopic (exact) mass is 249 g/mol. The topological polar surface area (TPSA) is 64.9 Å². The minimum Gasteiger partial charge on any atom is -0.337 e. The van der Waals surface area contributed by atoms with Crippen molar-refractivity contribution in [3.05, 3.63) is 23.4 Å². The fourth-order valence-electron chi connectivity index (χ4n) is 2.33. The average Bonchev–Trinajstić information content (AvgIpc) is 3.01. The van der Waals surface area contributed by atoms with Gasteiger partial charge in [0, 0.05) is 0 Å². The lowest BCUT2D eigenvalue weighted by atomic mass is 9.82. The molecule has 1 aliphatic carbocycles. The van der Waals surface area contributed by atoms with Crippen molar-refractivity contribution in [3.63, 3.8) is 0 Å². The second-order valence-electron chi connectivity index (χ2n) is 4.62. The molecule has 4 nitrogen and oxygen atoms in total. The second kappa shape index (κ2) is 4.23. The van der Waals surface area contributed by atoms with Gasteiger partial charge in [0.15, 0.2) is 0 Å². The Morgan fingerprint density at radius 1 is 1.29 bits per heavy atom. The van der Waals surface area contributed by atoms with Crippen molar-refractivity contribution in [2.45, 2.75) is 37.6 Å². The molecule has 3 rings (SSSR count). The average molecular weight is 249 g/mol. The van der Waals surface area contributed by atoms with E-state index in [0.29, 0.717) is 11.7 Å². The number of hydrogen-bond donors (Lipinski definition) is 1. The van der Waals surface area contributed by atoms with Crippen LogP contribution >= 0.6 is 11.3 Å². The highest BCUT2D eigenvalue weighted by molar-refractivity contribution is 7.13. The fraction of sp³-hybridized carbons (Fsp3) is 0.500. The summed E-state index contributed by atoms with van der Waals surface area (Å²) < 4.78 is 5.35. The van der Waals surface area contributed by atoms with Crippen LogP contribution in [0.25, 0.3) is 10.7 Å². The SMILES string of the molecule is NC1(c2nc(-c3cccs3)no2)CCCCC1. The van der Waals surface area contributed by atoms with Crippen LogP contribution < -0.4 is 5.73 Å². The first-order chi connectivity index (χ1) is 8.28. The van der Waals surface area contributed by atoms with Crippen LogP contribution in [0.15, 0.2) is 22.0 Å². The second-order valence-corrected chi connectivity index (χ2v) is 5.56. The first-order valence-corrected chi connectivity index (χ1v) is 6.83. The molecule has 0 spiro atoms. The molecule has 0 radical (unpaired) electrons. The maximum Gasteiger partial charge on any atom is 0.247 e. The predicted molar refractivity (Wildman–Crippen MR) is 66.6 cm³/mol. The van der Waals surface area contributed by atoms with Gasteiger partial charge in [-0.25, -0.2) is 0 Å². The van der Waals surface area contributed by atoms with Crippen LogP contribution in [0.4, 0.5) is 0 Å². The summed E-state index contributed by atoms with van der Waals surface area (Å²) in [6.07, 6.45) is 5.43. The van der Waals surface area contributed by atoms with Crippen LogP contribution in [-0.4, -0.2) is 10.1 Å². The zero-order chi connectivity index (χ0) is 11.7. The fourth-order valence-corrected chi connectivity index (χ4v) is 2.98. The molecule has 2 aromatic heterocycles. The summed E-state index contributed by atoms with van der Waals surface area (Å²) in [5, 5.41) is 6.03. The van der Waals surface area contributed by atoms with Crippen LogP contribution in [0, 0.1) is 0 Å². The molecule has 1 fully saturated rings. The molecule has 2 aromatic rings. The maximum atomic E-state index is 6.35. The smallest absolute Gasteiger partial charge is 0.247 e. The Balaban J connectivity index is 1.89. The molecule has 2 N–H and O–H groups in total. The summed E-state index contributed by atoms with van der Waals surface area (Å²) in [6.45, 7) is 0. The molecule has 0 unspecified atom stereocenters. The number of rotatable bonds is 2. The molecule has 90 valence electrons. The van der Waals surface area contributed by atoms with Gasteiger partial charge in [-0.15, -0.1) is 11.3 Å². The molecule has 2 heterocycles. The number of nitrogens with two attached hydrogens (primary N) is 1. The van der Waals surface area contributed by atoms with E-state index in [0.717, 1.165) is 30.6 Å². The molecule has 0 amide bonds. The van der Waals surface area contributed by atoms with E-state index in [1.165, 1.54) is 6.42 Å². The van der Waals surface area contributed by atoms with Crippen molar-refractivity contribution in [3.8, 4) is 10.7 Å². The van der Waals surface area contributed by atoms with Gasteiger partial charge in [-0.3, -0.25) is 0 Å². The molecule has 0 atom stereocenters. The van der Waals surface area contributed by atoms with E-state index < -0.39 is 5.54 Å². The Kier molecular flexibility index (Phi) is 2.72. The Bertz CT molecular complexity index is 486. The summed E-state index contributed by atoms with van der Waals surface area (Å²) in [7, 11) is 0. The summed E-state index contributed by atoms with van der Waals surface area (Å²) >= 11 is 1.61. The zero-order valence-electron chi connectivity index (χ0n) is 9.56.